The third-order valence-corrected chi connectivity index (χ3v) is 2.75. The molecule has 0 saturated heterocycles. The summed E-state index contributed by atoms with van der Waals surface area (Å²) in [7, 11) is 1.80. The van der Waals surface area contributed by atoms with Crippen LogP contribution in [0, 0.1) is 11.6 Å². The zero-order valence-corrected chi connectivity index (χ0v) is 11.5. The van der Waals surface area contributed by atoms with Crippen LogP contribution in [0.2, 0.25) is 0 Å². The van der Waals surface area contributed by atoms with E-state index >= 15 is 0 Å². The van der Waals surface area contributed by atoms with Crippen molar-refractivity contribution in [1.82, 2.24) is 5.32 Å². The second-order valence-electron chi connectivity index (χ2n) is 3.79. The van der Waals surface area contributed by atoms with Crippen LogP contribution < -0.4 is 10.1 Å². The molecule has 0 amide bonds. The van der Waals surface area contributed by atoms with Gasteiger partial charge in [0.25, 0.3) is 0 Å². The molecule has 17 heavy (non-hydrogen) atoms. The maximum Gasteiger partial charge on any atom is 0.200 e. The first-order valence-corrected chi connectivity index (χ1v) is 6.33. The highest BCUT2D eigenvalue weighted by molar-refractivity contribution is 9.10. The van der Waals surface area contributed by atoms with Crippen molar-refractivity contribution in [3.8, 4) is 5.75 Å². The van der Waals surface area contributed by atoms with Gasteiger partial charge in [-0.1, -0.05) is 29.3 Å². The Labute approximate surface area is 108 Å². The van der Waals surface area contributed by atoms with Gasteiger partial charge in [0.05, 0.1) is 0 Å². The molecule has 96 valence electrons. The Morgan fingerprint density at radius 1 is 1.41 bits per heavy atom. The van der Waals surface area contributed by atoms with E-state index in [4.69, 9.17) is 4.74 Å². The molecule has 0 bridgehead atoms. The summed E-state index contributed by atoms with van der Waals surface area (Å²) in [5.74, 6) is -1.90. The molecule has 2 nitrogen and oxygen atoms in total. The SMILES string of the molecule is CCCC(CNC)Oc1cc(Br)cc(F)c1F. The van der Waals surface area contributed by atoms with Crippen molar-refractivity contribution < 1.29 is 13.5 Å². The minimum absolute atomic E-state index is 0.0504. The highest BCUT2D eigenvalue weighted by Crippen LogP contribution is 2.26. The summed E-state index contributed by atoms with van der Waals surface area (Å²) in [6, 6.07) is 2.52. The van der Waals surface area contributed by atoms with E-state index in [2.05, 4.69) is 21.2 Å². The van der Waals surface area contributed by atoms with Crippen LogP contribution in [0.4, 0.5) is 8.78 Å². The van der Waals surface area contributed by atoms with Gasteiger partial charge in [0.2, 0.25) is 5.82 Å². The molecule has 0 fully saturated rings. The summed E-state index contributed by atoms with van der Waals surface area (Å²) < 4.78 is 32.6. The number of ether oxygens (including phenoxy) is 1. The molecule has 1 aromatic rings. The number of halogens is 3. The van der Waals surface area contributed by atoms with E-state index in [0.717, 1.165) is 18.9 Å². The van der Waals surface area contributed by atoms with Crippen LogP contribution >= 0.6 is 15.9 Å². The fourth-order valence-electron chi connectivity index (χ4n) is 1.55. The van der Waals surface area contributed by atoms with Crippen LogP contribution in [0.1, 0.15) is 19.8 Å². The van der Waals surface area contributed by atoms with Gasteiger partial charge in [-0.2, -0.15) is 4.39 Å². The Bertz CT molecular complexity index is 368. The number of hydrogen-bond acceptors (Lipinski definition) is 2. The van der Waals surface area contributed by atoms with Crippen LogP contribution in [0.3, 0.4) is 0 Å². The molecule has 1 N–H and O–H groups in total. The minimum atomic E-state index is -0.939. The lowest BCUT2D eigenvalue weighted by Crippen LogP contribution is -2.29. The summed E-state index contributed by atoms with van der Waals surface area (Å²) in [5.41, 5.74) is 0. The first-order valence-electron chi connectivity index (χ1n) is 5.54. The van der Waals surface area contributed by atoms with Crippen molar-refractivity contribution in [2.24, 2.45) is 0 Å². The summed E-state index contributed by atoms with van der Waals surface area (Å²) in [5, 5.41) is 2.97. The van der Waals surface area contributed by atoms with Gasteiger partial charge in [-0.25, -0.2) is 4.39 Å². The van der Waals surface area contributed by atoms with E-state index in [1.54, 1.807) is 7.05 Å². The fraction of sp³-hybridized carbons (Fsp3) is 0.500. The molecule has 1 aromatic carbocycles. The third-order valence-electron chi connectivity index (χ3n) is 2.30. The van der Waals surface area contributed by atoms with Crippen LogP contribution in [0.15, 0.2) is 16.6 Å². The molecule has 0 spiro atoms. The molecule has 0 aliphatic carbocycles. The van der Waals surface area contributed by atoms with E-state index < -0.39 is 11.6 Å². The molecule has 0 aliphatic rings. The molecular weight excluding hydrogens is 292 g/mol. The van der Waals surface area contributed by atoms with E-state index in [0.29, 0.717) is 11.0 Å². The maximum atomic E-state index is 13.5. The van der Waals surface area contributed by atoms with Crippen molar-refractivity contribution in [3.63, 3.8) is 0 Å². The largest absolute Gasteiger partial charge is 0.486 e. The average Bonchev–Trinajstić information content (AvgIpc) is 2.26. The Balaban J connectivity index is 2.84. The minimum Gasteiger partial charge on any atom is -0.486 e. The summed E-state index contributed by atoms with van der Waals surface area (Å²) >= 11 is 3.11. The van der Waals surface area contributed by atoms with Crippen molar-refractivity contribution in [3.05, 3.63) is 28.2 Å². The first-order chi connectivity index (χ1) is 8.08. The number of benzene rings is 1. The molecule has 0 heterocycles. The number of likely N-dealkylation sites (N-methyl/N-ethyl adjacent to an activating group) is 1. The molecular formula is C12H16BrF2NO. The lowest BCUT2D eigenvalue weighted by molar-refractivity contribution is 0.179. The number of rotatable bonds is 6. The summed E-state index contributed by atoms with van der Waals surface area (Å²) in [6.07, 6.45) is 1.55. The van der Waals surface area contributed by atoms with Gasteiger partial charge < -0.3 is 10.1 Å². The zero-order valence-electron chi connectivity index (χ0n) is 9.90. The lowest BCUT2D eigenvalue weighted by Gasteiger charge is -2.19. The van der Waals surface area contributed by atoms with Crippen molar-refractivity contribution in [2.45, 2.75) is 25.9 Å². The van der Waals surface area contributed by atoms with Crippen molar-refractivity contribution >= 4 is 15.9 Å². The fourth-order valence-corrected chi connectivity index (χ4v) is 1.96. The van der Waals surface area contributed by atoms with Crippen molar-refractivity contribution in [2.75, 3.05) is 13.6 Å². The second kappa shape index (κ2) is 6.91. The second-order valence-corrected chi connectivity index (χ2v) is 4.70. The van der Waals surface area contributed by atoms with Gasteiger partial charge in [-0.3, -0.25) is 0 Å². The Kier molecular flexibility index (Phi) is 5.85. The normalized spacial score (nSPS) is 12.5. The van der Waals surface area contributed by atoms with Gasteiger partial charge in [0, 0.05) is 11.0 Å². The topological polar surface area (TPSA) is 21.3 Å². The molecule has 1 rings (SSSR count). The lowest BCUT2D eigenvalue weighted by atomic mass is 10.2. The van der Waals surface area contributed by atoms with E-state index in [-0.39, 0.29) is 11.9 Å². The maximum absolute atomic E-state index is 13.5. The monoisotopic (exact) mass is 307 g/mol. The van der Waals surface area contributed by atoms with Gasteiger partial charge in [0.15, 0.2) is 11.6 Å². The zero-order chi connectivity index (χ0) is 12.8. The van der Waals surface area contributed by atoms with Gasteiger partial charge in [-0.05, 0) is 25.6 Å². The van der Waals surface area contributed by atoms with E-state index in [1.165, 1.54) is 6.07 Å². The highest BCUT2D eigenvalue weighted by Gasteiger charge is 2.15. The van der Waals surface area contributed by atoms with Crippen LogP contribution in [-0.4, -0.2) is 19.7 Å². The van der Waals surface area contributed by atoms with E-state index in [1.807, 2.05) is 6.92 Å². The number of nitrogens with one attached hydrogen (secondary N) is 1. The molecule has 0 aliphatic heterocycles. The van der Waals surface area contributed by atoms with Crippen LogP contribution in [0.25, 0.3) is 0 Å². The smallest absolute Gasteiger partial charge is 0.200 e. The van der Waals surface area contributed by atoms with E-state index in [9.17, 15) is 8.78 Å². The Morgan fingerprint density at radius 3 is 2.71 bits per heavy atom. The molecule has 5 heteroatoms. The summed E-state index contributed by atoms with van der Waals surface area (Å²) in [6.45, 7) is 2.62. The molecule has 1 unspecified atom stereocenters. The first kappa shape index (κ1) is 14.4. The predicted molar refractivity (Wildman–Crippen MR) is 67.3 cm³/mol. The Morgan fingerprint density at radius 2 is 2.12 bits per heavy atom. The van der Waals surface area contributed by atoms with Gasteiger partial charge >= 0.3 is 0 Å². The number of hydrogen-bond donors (Lipinski definition) is 1. The average molecular weight is 308 g/mol. The van der Waals surface area contributed by atoms with Gasteiger partial charge in [0.1, 0.15) is 6.10 Å². The van der Waals surface area contributed by atoms with Crippen LogP contribution in [-0.2, 0) is 0 Å². The Hall–Kier alpha value is -0.680. The standard InChI is InChI=1S/C12H16BrF2NO/c1-3-4-9(7-16-2)17-11-6-8(13)5-10(14)12(11)15/h5-6,9,16H,3-4,7H2,1-2H3. The van der Waals surface area contributed by atoms with Gasteiger partial charge in [-0.15, -0.1) is 0 Å². The van der Waals surface area contributed by atoms with Crippen LogP contribution in [0.5, 0.6) is 5.75 Å². The molecule has 0 radical (unpaired) electrons. The van der Waals surface area contributed by atoms with Crippen molar-refractivity contribution in [1.29, 1.82) is 0 Å². The summed E-state index contributed by atoms with van der Waals surface area (Å²) in [4.78, 5) is 0. The molecule has 0 saturated carbocycles. The molecule has 0 aromatic heterocycles. The molecule has 1 atom stereocenters. The highest BCUT2D eigenvalue weighted by atomic mass is 79.9. The quantitative estimate of drug-likeness (QED) is 0.812. The predicted octanol–water partition coefficient (Wildman–Crippen LogP) is 3.49. The third kappa shape index (κ3) is 4.24.